The minimum absolute atomic E-state index is 0.0573. The van der Waals surface area contributed by atoms with Gasteiger partial charge in [-0.05, 0) is 6.42 Å². The molecule has 0 saturated carbocycles. The maximum absolute atomic E-state index is 11.9. The molecule has 0 spiro atoms. The molecule has 0 radical (unpaired) electrons. The molecule has 0 aromatic heterocycles. The molecule has 2 unspecified atom stereocenters. The molecule has 1 aliphatic rings. The van der Waals surface area contributed by atoms with E-state index >= 15 is 0 Å². The number of hydrogen-bond acceptors (Lipinski definition) is 3. The van der Waals surface area contributed by atoms with E-state index in [2.05, 4.69) is 0 Å². The molecule has 6 heteroatoms. The second kappa shape index (κ2) is 5.51. The average molecular weight is 245 g/mol. The highest BCUT2D eigenvalue weighted by molar-refractivity contribution is 8.06. The standard InChI is InChI=1S/C8H14F3NS2/c9-8(10,11)2-1-6(12)7-5-13-3-4-14-7/h6-7H,1-5,12H2. The molecule has 1 fully saturated rings. The van der Waals surface area contributed by atoms with Crippen LogP contribution in [0, 0.1) is 0 Å². The SMILES string of the molecule is NC(CCC(F)(F)F)C1CSCCS1. The van der Waals surface area contributed by atoms with Gasteiger partial charge in [0, 0.05) is 35.0 Å². The van der Waals surface area contributed by atoms with Crippen molar-refractivity contribution in [3.05, 3.63) is 0 Å². The third-order valence-corrected chi connectivity index (χ3v) is 5.02. The Morgan fingerprint density at radius 1 is 1.36 bits per heavy atom. The molecular weight excluding hydrogens is 231 g/mol. The summed E-state index contributed by atoms with van der Waals surface area (Å²) in [6.45, 7) is 0. The van der Waals surface area contributed by atoms with Crippen LogP contribution < -0.4 is 5.73 Å². The van der Waals surface area contributed by atoms with E-state index in [0.29, 0.717) is 0 Å². The Balaban J connectivity index is 2.23. The van der Waals surface area contributed by atoms with Gasteiger partial charge in [-0.15, -0.1) is 0 Å². The number of halogens is 3. The molecule has 0 aliphatic carbocycles. The van der Waals surface area contributed by atoms with Crippen molar-refractivity contribution in [1.29, 1.82) is 0 Å². The topological polar surface area (TPSA) is 26.0 Å². The molecule has 1 aliphatic heterocycles. The second-order valence-corrected chi connectivity index (χ2v) is 5.80. The zero-order valence-electron chi connectivity index (χ0n) is 7.72. The molecule has 0 aromatic carbocycles. The van der Waals surface area contributed by atoms with Crippen LogP contribution in [0.2, 0.25) is 0 Å². The normalized spacial score (nSPS) is 26.1. The summed E-state index contributed by atoms with van der Waals surface area (Å²) in [5.41, 5.74) is 5.72. The van der Waals surface area contributed by atoms with Crippen LogP contribution in [0.1, 0.15) is 12.8 Å². The van der Waals surface area contributed by atoms with E-state index in [-0.39, 0.29) is 17.7 Å². The van der Waals surface area contributed by atoms with Crippen molar-refractivity contribution in [2.45, 2.75) is 30.3 Å². The molecule has 0 amide bonds. The van der Waals surface area contributed by atoms with Gasteiger partial charge >= 0.3 is 6.18 Å². The van der Waals surface area contributed by atoms with E-state index in [1.807, 2.05) is 0 Å². The lowest BCUT2D eigenvalue weighted by Crippen LogP contribution is -2.37. The average Bonchev–Trinajstić information content (AvgIpc) is 2.14. The van der Waals surface area contributed by atoms with Gasteiger partial charge in [0.2, 0.25) is 0 Å². The predicted molar refractivity (Wildman–Crippen MR) is 56.8 cm³/mol. The quantitative estimate of drug-likeness (QED) is 0.827. The molecule has 0 aromatic rings. The molecular formula is C8H14F3NS2. The van der Waals surface area contributed by atoms with Gasteiger partial charge in [0.05, 0.1) is 0 Å². The van der Waals surface area contributed by atoms with Gasteiger partial charge in [-0.1, -0.05) is 0 Å². The summed E-state index contributed by atoms with van der Waals surface area (Å²) in [7, 11) is 0. The predicted octanol–water partition coefficient (Wildman–Crippen LogP) is 2.50. The molecule has 2 N–H and O–H groups in total. The van der Waals surface area contributed by atoms with Gasteiger partial charge in [0.25, 0.3) is 0 Å². The van der Waals surface area contributed by atoms with Gasteiger partial charge in [0.1, 0.15) is 0 Å². The van der Waals surface area contributed by atoms with Crippen molar-refractivity contribution in [2.24, 2.45) is 5.73 Å². The lowest BCUT2D eigenvalue weighted by molar-refractivity contribution is -0.136. The maximum Gasteiger partial charge on any atom is 0.389 e. The first-order valence-electron chi connectivity index (χ1n) is 4.51. The maximum atomic E-state index is 11.9. The highest BCUT2D eigenvalue weighted by atomic mass is 32.2. The molecule has 84 valence electrons. The van der Waals surface area contributed by atoms with E-state index < -0.39 is 12.6 Å². The number of hydrogen-bond donors (Lipinski definition) is 1. The van der Waals surface area contributed by atoms with Crippen molar-refractivity contribution < 1.29 is 13.2 Å². The first-order valence-corrected chi connectivity index (χ1v) is 6.71. The fraction of sp³-hybridized carbons (Fsp3) is 1.00. The largest absolute Gasteiger partial charge is 0.389 e. The highest BCUT2D eigenvalue weighted by Gasteiger charge is 2.30. The summed E-state index contributed by atoms with van der Waals surface area (Å²) in [5.74, 6) is 2.99. The van der Waals surface area contributed by atoms with Crippen molar-refractivity contribution in [3.8, 4) is 0 Å². The molecule has 1 saturated heterocycles. The summed E-state index contributed by atoms with van der Waals surface area (Å²) < 4.78 is 35.7. The number of rotatable bonds is 3. The number of alkyl halides is 3. The van der Waals surface area contributed by atoms with E-state index in [0.717, 1.165) is 17.3 Å². The Kier molecular flexibility index (Phi) is 4.93. The van der Waals surface area contributed by atoms with Gasteiger partial charge in [-0.2, -0.15) is 36.7 Å². The lowest BCUT2D eigenvalue weighted by Gasteiger charge is -2.26. The van der Waals surface area contributed by atoms with Crippen LogP contribution in [-0.4, -0.2) is 34.7 Å². The van der Waals surface area contributed by atoms with Gasteiger partial charge < -0.3 is 5.73 Å². The first-order chi connectivity index (χ1) is 6.49. The molecule has 1 rings (SSSR count). The van der Waals surface area contributed by atoms with Crippen molar-refractivity contribution in [2.75, 3.05) is 17.3 Å². The zero-order chi connectivity index (χ0) is 10.6. The van der Waals surface area contributed by atoms with Crippen LogP contribution >= 0.6 is 23.5 Å². The Hall–Kier alpha value is 0.450. The fourth-order valence-corrected chi connectivity index (χ4v) is 4.13. The summed E-state index contributed by atoms with van der Waals surface area (Å²) >= 11 is 3.49. The summed E-state index contributed by atoms with van der Waals surface area (Å²) in [6.07, 6.45) is -4.76. The van der Waals surface area contributed by atoms with Gasteiger partial charge in [-0.25, -0.2) is 0 Å². The third kappa shape index (κ3) is 4.79. The van der Waals surface area contributed by atoms with Crippen LogP contribution in [0.4, 0.5) is 13.2 Å². The van der Waals surface area contributed by atoms with Crippen molar-refractivity contribution >= 4 is 23.5 Å². The van der Waals surface area contributed by atoms with E-state index in [1.165, 1.54) is 0 Å². The van der Waals surface area contributed by atoms with Crippen molar-refractivity contribution in [1.82, 2.24) is 0 Å². The first kappa shape index (κ1) is 12.5. The van der Waals surface area contributed by atoms with Crippen LogP contribution in [0.25, 0.3) is 0 Å². The minimum atomic E-state index is -4.07. The monoisotopic (exact) mass is 245 g/mol. The molecule has 0 bridgehead atoms. The summed E-state index contributed by atoms with van der Waals surface area (Å²) in [5, 5.41) is 0.205. The van der Waals surface area contributed by atoms with Crippen LogP contribution in [0.15, 0.2) is 0 Å². The Morgan fingerprint density at radius 3 is 2.57 bits per heavy atom. The molecule has 1 nitrogen and oxygen atoms in total. The van der Waals surface area contributed by atoms with Crippen molar-refractivity contribution in [3.63, 3.8) is 0 Å². The molecule has 2 atom stereocenters. The smallest absolute Gasteiger partial charge is 0.327 e. The fourth-order valence-electron chi connectivity index (χ4n) is 1.27. The zero-order valence-corrected chi connectivity index (χ0v) is 9.35. The van der Waals surface area contributed by atoms with Gasteiger partial charge in [0.15, 0.2) is 0 Å². The van der Waals surface area contributed by atoms with E-state index in [9.17, 15) is 13.2 Å². The lowest BCUT2D eigenvalue weighted by atomic mass is 10.1. The molecule has 14 heavy (non-hydrogen) atoms. The van der Waals surface area contributed by atoms with E-state index in [1.54, 1.807) is 23.5 Å². The second-order valence-electron chi connectivity index (χ2n) is 3.30. The molecule has 1 heterocycles. The Labute approximate surface area is 90.4 Å². The van der Waals surface area contributed by atoms with Crippen LogP contribution in [0.5, 0.6) is 0 Å². The third-order valence-electron chi connectivity index (χ3n) is 2.08. The number of nitrogens with two attached hydrogens (primary N) is 1. The Bertz CT molecular complexity index is 168. The van der Waals surface area contributed by atoms with Crippen LogP contribution in [0.3, 0.4) is 0 Å². The Morgan fingerprint density at radius 2 is 2.07 bits per heavy atom. The number of thioether (sulfide) groups is 2. The van der Waals surface area contributed by atoms with Gasteiger partial charge in [-0.3, -0.25) is 0 Å². The van der Waals surface area contributed by atoms with E-state index in [4.69, 9.17) is 5.73 Å². The minimum Gasteiger partial charge on any atom is -0.327 e. The summed E-state index contributed by atoms with van der Waals surface area (Å²) in [6, 6.07) is -0.311. The van der Waals surface area contributed by atoms with Crippen LogP contribution in [-0.2, 0) is 0 Å². The highest BCUT2D eigenvalue weighted by Crippen LogP contribution is 2.29. The summed E-state index contributed by atoms with van der Waals surface area (Å²) in [4.78, 5) is 0.